The second-order valence-electron chi connectivity index (χ2n) is 11.4. The zero-order valence-electron chi connectivity index (χ0n) is 27.1. The molecule has 0 atom stereocenters. The van der Waals surface area contributed by atoms with E-state index in [9.17, 15) is 9.59 Å². The van der Waals surface area contributed by atoms with Crippen LogP contribution in [0.3, 0.4) is 0 Å². The highest BCUT2D eigenvalue weighted by Crippen LogP contribution is 2.37. The van der Waals surface area contributed by atoms with Crippen LogP contribution in [0.1, 0.15) is 20.9 Å². The van der Waals surface area contributed by atoms with Gasteiger partial charge in [-0.1, -0.05) is 41.6 Å². The summed E-state index contributed by atoms with van der Waals surface area (Å²) in [6, 6.07) is 11.4. The van der Waals surface area contributed by atoms with Gasteiger partial charge in [0.25, 0.3) is 5.91 Å². The molecule has 0 unspecified atom stereocenters. The molecule has 2 aliphatic rings. The van der Waals surface area contributed by atoms with Crippen molar-refractivity contribution in [3.8, 4) is 17.0 Å². The number of nitrogens with one attached hydrogen (secondary N) is 2. The molecule has 2 N–H and O–H groups in total. The minimum atomic E-state index is -0.309. The van der Waals surface area contributed by atoms with Crippen molar-refractivity contribution in [3.63, 3.8) is 0 Å². The fourth-order valence-corrected chi connectivity index (χ4v) is 6.71. The van der Waals surface area contributed by atoms with Gasteiger partial charge in [-0.25, -0.2) is 15.0 Å². The molecule has 0 bridgehead atoms. The zero-order chi connectivity index (χ0) is 33.8. The average Bonchev–Trinajstić information content (AvgIpc) is 3.58. The third kappa shape index (κ3) is 7.08. The Morgan fingerprint density at radius 1 is 1.04 bits per heavy atom. The molecule has 2 aliphatic heterocycles. The molecule has 12 nitrogen and oxygen atoms in total. The lowest BCUT2D eigenvalue weighted by molar-refractivity contribution is -0.126. The SMILES string of the molecule is C=CC(=O)N1CCN(c2nc(C)c(-c3ccc(OC)c(Nc4ncc(C(=O)Nc5c(C)cccc5Cl)s4)n3)cc2N2CCOCC2)CC1. The summed E-state index contributed by atoms with van der Waals surface area (Å²) in [6.45, 7) is 12.8. The number of aryl methyl sites for hydroxylation is 2. The standard InChI is InChI=1S/C34H37ClN8O4S/c1-5-29(44)42-11-13-43(14-12-42)32-26(41-15-17-47-18-16-41)19-23(22(3)37-32)25-9-10-27(46-4)31(38-25)40-34-36-20-28(48-34)33(45)39-30-21(2)7-6-8-24(30)35/h5-10,19-20H,1,11-18H2,2-4H3,(H,39,45)(H,36,38,40). The second kappa shape index (κ2) is 14.6. The van der Waals surface area contributed by atoms with Crippen LogP contribution < -0.4 is 25.2 Å². The van der Waals surface area contributed by atoms with Crippen LogP contribution in [0.5, 0.6) is 5.75 Å². The summed E-state index contributed by atoms with van der Waals surface area (Å²) in [4.78, 5) is 46.5. The third-order valence-electron chi connectivity index (χ3n) is 8.36. The Morgan fingerprint density at radius 2 is 1.81 bits per heavy atom. The minimum Gasteiger partial charge on any atom is -0.493 e. The van der Waals surface area contributed by atoms with Gasteiger partial charge in [0.15, 0.2) is 22.5 Å². The lowest BCUT2D eigenvalue weighted by atomic mass is 10.1. The van der Waals surface area contributed by atoms with Crippen molar-refractivity contribution in [1.82, 2.24) is 19.9 Å². The summed E-state index contributed by atoms with van der Waals surface area (Å²) in [5, 5.41) is 7.08. The first kappa shape index (κ1) is 33.2. The molecule has 48 heavy (non-hydrogen) atoms. The van der Waals surface area contributed by atoms with Crippen molar-refractivity contribution in [1.29, 1.82) is 0 Å². The van der Waals surface area contributed by atoms with E-state index in [0.717, 1.165) is 41.4 Å². The van der Waals surface area contributed by atoms with Gasteiger partial charge < -0.3 is 34.8 Å². The van der Waals surface area contributed by atoms with Gasteiger partial charge in [-0.05, 0) is 49.8 Å². The monoisotopic (exact) mass is 688 g/mol. The summed E-state index contributed by atoms with van der Waals surface area (Å²) >= 11 is 7.51. The fraction of sp³-hybridized carbons (Fsp3) is 0.324. The molecule has 0 aliphatic carbocycles. The van der Waals surface area contributed by atoms with Crippen molar-refractivity contribution < 1.29 is 19.1 Å². The molecule has 6 rings (SSSR count). The lowest BCUT2D eigenvalue weighted by Crippen LogP contribution is -2.49. The van der Waals surface area contributed by atoms with E-state index in [2.05, 4.69) is 38.1 Å². The molecule has 4 aromatic rings. The predicted molar refractivity (Wildman–Crippen MR) is 190 cm³/mol. The molecule has 2 amide bonds. The molecule has 0 saturated carbocycles. The summed E-state index contributed by atoms with van der Waals surface area (Å²) in [7, 11) is 1.58. The summed E-state index contributed by atoms with van der Waals surface area (Å²) in [5.41, 5.74) is 4.83. The number of para-hydroxylation sites is 1. The van der Waals surface area contributed by atoms with Crippen LogP contribution in [0.15, 0.2) is 55.3 Å². The topological polar surface area (TPSA) is 125 Å². The average molecular weight is 689 g/mol. The van der Waals surface area contributed by atoms with Gasteiger partial charge >= 0.3 is 0 Å². The molecule has 2 fully saturated rings. The third-order valence-corrected chi connectivity index (χ3v) is 9.59. The first-order chi connectivity index (χ1) is 23.2. The number of rotatable bonds is 9. The largest absolute Gasteiger partial charge is 0.493 e. The first-order valence-electron chi connectivity index (χ1n) is 15.6. The number of halogens is 1. The molecule has 0 spiro atoms. The maximum Gasteiger partial charge on any atom is 0.267 e. The Bertz CT molecular complexity index is 1820. The Hall–Kier alpha value is -4.72. The van der Waals surface area contributed by atoms with Gasteiger partial charge in [-0.3, -0.25) is 9.59 Å². The van der Waals surface area contributed by atoms with Crippen LogP contribution in [-0.2, 0) is 9.53 Å². The number of carbonyl (C=O) groups excluding carboxylic acids is 2. The number of hydrogen-bond acceptors (Lipinski definition) is 11. The Kier molecular flexibility index (Phi) is 10.1. The number of ether oxygens (including phenoxy) is 2. The van der Waals surface area contributed by atoms with E-state index in [1.807, 2.05) is 43.0 Å². The number of methoxy groups -OCH3 is 1. The van der Waals surface area contributed by atoms with E-state index in [1.165, 1.54) is 23.6 Å². The number of amides is 2. The Labute approximate surface area is 288 Å². The Balaban J connectivity index is 1.27. The van der Waals surface area contributed by atoms with Crippen molar-refractivity contribution in [2.24, 2.45) is 0 Å². The van der Waals surface area contributed by atoms with E-state index in [4.69, 9.17) is 31.0 Å². The summed E-state index contributed by atoms with van der Waals surface area (Å²) < 4.78 is 11.3. The van der Waals surface area contributed by atoms with Crippen LogP contribution in [0.2, 0.25) is 5.02 Å². The maximum atomic E-state index is 13.0. The fourth-order valence-electron chi connectivity index (χ4n) is 5.73. The van der Waals surface area contributed by atoms with E-state index >= 15 is 0 Å². The van der Waals surface area contributed by atoms with E-state index in [1.54, 1.807) is 13.2 Å². The quantitative estimate of drug-likeness (QED) is 0.217. The number of morpholine rings is 1. The second-order valence-corrected chi connectivity index (χ2v) is 12.8. The summed E-state index contributed by atoms with van der Waals surface area (Å²) in [6.07, 6.45) is 2.88. The highest BCUT2D eigenvalue weighted by molar-refractivity contribution is 7.17. The van der Waals surface area contributed by atoms with Gasteiger partial charge in [0, 0.05) is 50.5 Å². The van der Waals surface area contributed by atoms with Crippen molar-refractivity contribution in [2.75, 3.05) is 80.0 Å². The van der Waals surface area contributed by atoms with Crippen molar-refractivity contribution in [3.05, 3.63) is 76.4 Å². The van der Waals surface area contributed by atoms with Gasteiger partial charge in [0.2, 0.25) is 5.91 Å². The number of benzene rings is 1. The van der Waals surface area contributed by atoms with E-state index in [0.29, 0.717) is 77.4 Å². The predicted octanol–water partition coefficient (Wildman–Crippen LogP) is 5.55. The maximum absolute atomic E-state index is 13.0. The van der Waals surface area contributed by atoms with E-state index < -0.39 is 0 Å². The van der Waals surface area contributed by atoms with Crippen molar-refractivity contribution in [2.45, 2.75) is 13.8 Å². The molecule has 14 heteroatoms. The van der Waals surface area contributed by atoms with Gasteiger partial charge in [-0.15, -0.1) is 0 Å². The molecule has 3 aromatic heterocycles. The lowest BCUT2D eigenvalue weighted by Gasteiger charge is -2.38. The molecule has 5 heterocycles. The molecule has 250 valence electrons. The number of aromatic nitrogens is 3. The number of carbonyl (C=O) groups is 2. The highest BCUT2D eigenvalue weighted by atomic mass is 35.5. The number of hydrogen-bond donors (Lipinski definition) is 2. The smallest absolute Gasteiger partial charge is 0.267 e. The molecular weight excluding hydrogens is 652 g/mol. The van der Waals surface area contributed by atoms with Gasteiger partial charge in [0.1, 0.15) is 4.88 Å². The number of thiazole rings is 1. The van der Waals surface area contributed by atoms with Gasteiger partial charge in [0.05, 0.1) is 48.6 Å². The minimum absolute atomic E-state index is 0.0537. The normalized spacial score (nSPS) is 14.9. The highest BCUT2D eigenvalue weighted by Gasteiger charge is 2.27. The van der Waals surface area contributed by atoms with Crippen molar-refractivity contribution >= 4 is 62.9 Å². The Morgan fingerprint density at radius 3 is 2.52 bits per heavy atom. The number of piperazine rings is 1. The molecular formula is C34H37ClN8O4S. The zero-order valence-corrected chi connectivity index (χ0v) is 28.7. The van der Waals surface area contributed by atoms with Crippen LogP contribution >= 0.6 is 22.9 Å². The number of pyridine rings is 2. The summed E-state index contributed by atoms with van der Waals surface area (Å²) in [5.74, 6) is 1.50. The molecule has 0 radical (unpaired) electrons. The van der Waals surface area contributed by atoms with Gasteiger partial charge in [-0.2, -0.15) is 0 Å². The van der Waals surface area contributed by atoms with E-state index in [-0.39, 0.29) is 11.8 Å². The molecule has 2 saturated heterocycles. The number of anilines is 5. The van der Waals surface area contributed by atoms with Crippen LogP contribution in [-0.4, -0.2) is 91.3 Å². The molecule has 1 aromatic carbocycles. The van der Waals surface area contributed by atoms with Crippen LogP contribution in [0, 0.1) is 13.8 Å². The number of nitrogens with zero attached hydrogens (tertiary/aromatic N) is 6. The van der Waals surface area contributed by atoms with Crippen LogP contribution in [0.4, 0.5) is 28.1 Å². The van der Waals surface area contributed by atoms with Crippen LogP contribution in [0.25, 0.3) is 11.3 Å². The first-order valence-corrected chi connectivity index (χ1v) is 16.8.